The van der Waals surface area contributed by atoms with Gasteiger partial charge < -0.3 is 9.47 Å². The van der Waals surface area contributed by atoms with Crippen molar-refractivity contribution >= 4 is 0 Å². The van der Waals surface area contributed by atoms with Gasteiger partial charge in [-0.2, -0.15) is 0 Å². The van der Waals surface area contributed by atoms with E-state index < -0.39 is 0 Å². The van der Waals surface area contributed by atoms with Crippen molar-refractivity contribution in [2.75, 3.05) is 33.9 Å². The number of aromatic nitrogens is 3. The molecule has 1 fully saturated rings. The molecule has 0 bridgehead atoms. The number of para-hydroxylation sites is 1. The zero-order valence-electron chi connectivity index (χ0n) is 20.0. The zero-order chi connectivity index (χ0) is 23.0. The van der Waals surface area contributed by atoms with Crippen LogP contribution < -0.4 is 4.74 Å². The molecule has 3 heterocycles. The lowest BCUT2D eigenvalue weighted by Crippen LogP contribution is -2.32. The van der Waals surface area contributed by atoms with Crippen molar-refractivity contribution < 1.29 is 9.47 Å². The summed E-state index contributed by atoms with van der Waals surface area (Å²) in [6.45, 7) is 5.78. The highest BCUT2D eigenvalue weighted by molar-refractivity contribution is 5.38. The highest BCUT2D eigenvalue weighted by atomic mass is 16.5. The molecule has 3 aromatic rings. The van der Waals surface area contributed by atoms with E-state index in [0.717, 1.165) is 62.6 Å². The SMILES string of the molecule is COCCc1ncc(CN2CCC(c3cc(Cc4ccccc4OC)cc(C)n3)CC2)cn1. The van der Waals surface area contributed by atoms with Crippen LogP contribution in [-0.2, 0) is 24.1 Å². The minimum atomic E-state index is 0.505. The van der Waals surface area contributed by atoms with Gasteiger partial charge in [0.15, 0.2) is 0 Å². The number of pyridine rings is 1. The molecule has 33 heavy (non-hydrogen) atoms. The summed E-state index contributed by atoms with van der Waals surface area (Å²) in [5, 5.41) is 0. The maximum Gasteiger partial charge on any atom is 0.130 e. The van der Waals surface area contributed by atoms with Crippen LogP contribution in [0.4, 0.5) is 0 Å². The molecule has 0 saturated carbocycles. The molecule has 0 unspecified atom stereocenters. The first kappa shape index (κ1) is 23.3. The van der Waals surface area contributed by atoms with Gasteiger partial charge in [-0.15, -0.1) is 0 Å². The van der Waals surface area contributed by atoms with E-state index in [4.69, 9.17) is 14.5 Å². The molecule has 0 atom stereocenters. The molecule has 174 valence electrons. The molecule has 1 aromatic carbocycles. The van der Waals surface area contributed by atoms with Crippen LogP contribution >= 0.6 is 0 Å². The monoisotopic (exact) mass is 446 g/mol. The quantitative estimate of drug-likeness (QED) is 0.487. The summed E-state index contributed by atoms with van der Waals surface area (Å²) in [6, 6.07) is 12.7. The van der Waals surface area contributed by atoms with Crippen molar-refractivity contribution in [2.45, 2.75) is 45.1 Å². The van der Waals surface area contributed by atoms with Crippen molar-refractivity contribution in [1.29, 1.82) is 0 Å². The van der Waals surface area contributed by atoms with Crippen LogP contribution in [0.25, 0.3) is 0 Å². The van der Waals surface area contributed by atoms with E-state index >= 15 is 0 Å². The number of ether oxygens (including phenoxy) is 2. The van der Waals surface area contributed by atoms with Crippen LogP contribution in [0, 0.1) is 6.92 Å². The normalized spacial score (nSPS) is 15.0. The Morgan fingerprint density at radius 3 is 2.48 bits per heavy atom. The predicted molar refractivity (Wildman–Crippen MR) is 130 cm³/mol. The summed E-state index contributed by atoms with van der Waals surface area (Å²) in [5.74, 6) is 2.29. The number of aryl methyl sites for hydroxylation is 1. The molecule has 6 nitrogen and oxygen atoms in total. The number of rotatable bonds is 9. The number of nitrogens with zero attached hydrogens (tertiary/aromatic N) is 4. The van der Waals surface area contributed by atoms with Gasteiger partial charge in [0.1, 0.15) is 11.6 Å². The lowest BCUT2D eigenvalue weighted by Gasteiger charge is -2.31. The Kier molecular flexibility index (Phi) is 8.02. The second-order valence-corrected chi connectivity index (χ2v) is 8.83. The first-order valence-corrected chi connectivity index (χ1v) is 11.7. The Balaban J connectivity index is 1.35. The number of piperidine rings is 1. The molecular formula is C27H34N4O2. The summed E-state index contributed by atoms with van der Waals surface area (Å²) in [5.41, 5.74) is 6.00. The van der Waals surface area contributed by atoms with E-state index in [1.165, 1.54) is 22.4 Å². The fourth-order valence-corrected chi connectivity index (χ4v) is 4.58. The van der Waals surface area contributed by atoms with Crippen LogP contribution in [0.15, 0.2) is 48.8 Å². The van der Waals surface area contributed by atoms with Crippen LogP contribution in [-0.4, -0.2) is 53.8 Å². The van der Waals surface area contributed by atoms with Crippen LogP contribution in [0.5, 0.6) is 5.75 Å². The molecule has 1 saturated heterocycles. The second-order valence-electron chi connectivity index (χ2n) is 8.83. The van der Waals surface area contributed by atoms with Crippen LogP contribution in [0.1, 0.15) is 52.7 Å². The van der Waals surface area contributed by atoms with Gasteiger partial charge in [-0.1, -0.05) is 18.2 Å². The molecule has 0 amide bonds. The van der Waals surface area contributed by atoms with Gasteiger partial charge in [0, 0.05) is 61.8 Å². The topological polar surface area (TPSA) is 60.4 Å². The third kappa shape index (κ3) is 6.36. The Morgan fingerprint density at radius 2 is 1.76 bits per heavy atom. The van der Waals surface area contributed by atoms with E-state index in [1.807, 2.05) is 24.5 Å². The minimum Gasteiger partial charge on any atom is -0.496 e. The first-order chi connectivity index (χ1) is 16.1. The molecule has 1 aliphatic rings. The van der Waals surface area contributed by atoms with Crippen molar-refractivity contribution in [3.05, 3.63) is 82.7 Å². The Morgan fingerprint density at radius 1 is 1.00 bits per heavy atom. The zero-order valence-corrected chi connectivity index (χ0v) is 20.0. The van der Waals surface area contributed by atoms with E-state index in [9.17, 15) is 0 Å². The Bertz CT molecular complexity index is 1030. The van der Waals surface area contributed by atoms with Gasteiger partial charge >= 0.3 is 0 Å². The van der Waals surface area contributed by atoms with Gasteiger partial charge in [0.2, 0.25) is 0 Å². The first-order valence-electron chi connectivity index (χ1n) is 11.7. The van der Waals surface area contributed by atoms with Crippen LogP contribution in [0.2, 0.25) is 0 Å². The maximum absolute atomic E-state index is 5.54. The molecule has 0 spiro atoms. The summed E-state index contributed by atoms with van der Waals surface area (Å²) >= 11 is 0. The summed E-state index contributed by atoms with van der Waals surface area (Å²) in [4.78, 5) is 16.3. The van der Waals surface area contributed by atoms with Crippen molar-refractivity contribution in [2.24, 2.45) is 0 Å². The number of likely N-dealkylation sites (tertiary alicyclic amines) is 1. The third-order valence-electron chi connectivity index (χ3n) is 6.32. The number of methoxy groups -OCH3 is 2. The second kappa shape index (κ2) is 11.3. The van der Waals surface area contributed by atoms with Crippen molar-refractivity contribution in [3.63, 3.8) is 0 Å². The maximum atomic E-state index is 5.54. The fourth-order valence-electron chi connectivity index (χ4n) is 4.58. The van der Waals surface area contributed by atoms with Gasteiger partial charge in [0.05, 0.1) is 13.7 Å². The largest absolute Gasteiger partial charge is 0.496 e. The summed E-state index contributed by atoms with van der Waals surface area (Å²) < 4.78 is 10.6. The number of hydrogen-bond acceptors (Lipinski definition) is 6. The number of benzene rings is 1. The molecule has 0 aliphatic carbocycles. The molecule has 0 N–H and O–H groups in total. The van der Waals surface area contributed by atoms with E-state index in [-0.39, 0.29) is 0 Å². The average molecular weight is 447 g/mol. The third-order valence-corrected chi connectivity index (χ3v) is 6.32. The summed E-state index contributed by atoms with van der Waals surface area (Å²) in [6.07, 6.45) is 7.77. The van der Waals surface area contributed by atoms with Crippen molar-refractivity contribution in [1.82, 2.24) is 19.9 Å². The molecular weight excluding hydrogens is 412 g/mol. The molecule has 4 rings (SSSR count). The Labute approximate surface area is 197 Å². The molecule has 1 aliphatic heterocycles. The van der Waals surface area contributed by atoms with Gasteiger partial charge in [-0.05, 0) is 62.2 Å². The Hall–Kier alpha value is -2.83. The molecule has 2 aromatic heterocycles. The van der Waals surface area contributed by atoms with E-state index in [0.29, 0.717) is 12.5 Å². The smallest absolute Gasteiger partial charge is 0.130 e. The van der Waals surface area contributed by atoms with Gasteiger partial charge in [-0.25, -0.2) is 9.97 Å². The fraction of sp³-hybridized carbons (Fsp3) is 0.444. The minimum absolute atomic E-state index is 0.505. The van der Waals surface area contributed by atoms with Gasteiger partial charge in [0.25, 0.3) is 0 Å². The predicted octanol–water partition coefficient (Wildman–Crippen LogP) is 4.35. The van der Waals surface area contributed by atoms with Crippen LogP contribution in [0.3, 0.4) is 0 Å². The average Bonchev–Trinajstić information content (AvgIpc) is 2.84. The summed E-state index contributed by atoms with van der Waals surface area (Å²) in [7, 11) is 3.43. The highest BCUT2D eigenvalue weighted by Crippen LogP contribution is 2.29. The van der Waals surface area contributed by atoms with Gasteiger partial charge in [-0.3, -0.25) is 9.88 Å². The van der Waals surface area contributed by atoms with E-state index in [1.54, 1.807) is 14.2 Å². The van der Waals surface area contributed by atoms with E-state index in [2.05, 4.69) is 46.1 Å². The van der Waals surface area contributed by atoms with Crippen molar-refractivity contribution in [3.8, 4) is 5.75 Å². The lowest BCUT2D eigenvalue weighted by molar-refractivity contribution is 0.199. The standard InChI is InChI=1S/C27H34N4O2/c1-20-14-21(15-24-6-4-5-7-26(24)33-3)16-25(30-20)23-8-11-31(12-9-23)19-22-17-28-27(29-18-22)10-13-32-2/h4-7,14,16-18,23H,8-13,15,19H2,1-3H3. The number of hydrogen-bond donors (Lipinski definition) is 0. The molecule has 0 radical (unpaired) electrons. The molecule has 6 heteroatoms. The highest BCUT2D eigenvalue weighted by Gasteiger charge is 2.22. The lowest BCUT2D eigenvalue weighted by atomic mass is 9.91.